The van der Waals surface area contributed by atoms with Crippen LogP contribution in [0.1, 0.15) is 0 Å². The average Bonchev–Trinajstić information content (AvgIpc) is 3.34. The molecule has 1 aromatic heterocycles. The molecule has 2 aromatic carbocycles. The van der Waals surface area contributed by atoms with Gasteiger partial charge in [-0.25, -0.2) is 19.0 Å². The Kier molecular flexibility index (Phi) is 3.71. The summed E-state index contributed by atoms with van der Waals surface area (Å²) in [5.74, 6) is 0. The van der Waals surface area contributed by atoms with Crippen LogP contribution in [0.4, 0.5) is 5.69 Å². The molecule has 2 aliphatic rings. The maximum absolute atomic E-state index is 12.9. The molecule has 5 rings (SSSR count). The van der Waals surface area contributed by atoms with Crippen LogP contribution in [0.25, 0.3) is 22.2 Å². The number of nitrogens with one attached hydrogen (secondary N) is 3. The van der Waals surface area contributed by atoms with Gasteiger partial charge in [0.1, 0.15) is 10.6 Å². The first kappa shape index (κ1) is 16.6. The molecule has 2 aliphatic heterocycles. The minimum Gasteiger partial charge on any atom is -0.280 e. The number of hydrogen-bond acceptors (Lipinski definition) is 6. The van der Waals surface area contributed by atoms with E-state index in [9.17, 15) is 8.42 Å². The van der Waals surface area contributed by atoms with Gasteiger partial charge in [0.25, 0.3) is 10.0 Å². The molecule has 8 nitrogen and oxygen atoms in total. The van der Waals surface area contributed by atoms with Crippen molar-refractivity contribution in [1.82, 2.24) is 20.7 Å². The second kappa shape index (κ2) is 6.25. The molecule has 0 aliphatic carbocycles. The Labute approximate surface area is 160 Å². The van der Waals surface area contributed by atoms with Crippen LogP contribution >= 0.6 is 0 Å². The van der Waals surface area contributed by atoms with Crippen LogP contribution in [0.15, 0.2) is 83.7 Å². The molecule has 0 unspecified atom stereocenters. The molecule has 0 bridgehead atoms. The Hall–Kier alpha value is -3.56. The predicted molar refractivity (Wildman–Crippen MR) is 105 cm³/mol. The van der Waals surface area contributed by atoms with Crippen LogP contribution in [0.5, 0.6) is 0 Å². The van der Waals surface area contributed by atoms with Gasteiger partial charge in [0, 0.05) is 22.8 Å². The fourth-order valence-electron chi connectivity index (χ4n) is 3.17. The number of sulfonamides is 1. The van der Waals surface area contributed by atoms with Gasteiger partial charge in [-0.1, -0.05) is 30.3 Å². The molecule has 0 saturated carbocycles. The molecule has 28 heavy (non-hydrogen) atoms. The Morgan fingerprint density at radius 3 is 2.82 bits per heavy atom. The fourth-order valence-corrected chi connectivity index (χ4v) is 4.40. The van der Waals surface area contributed by atoms with Crippen molar-refractivity contribution in [2.45, 2.75) is 0 Å². The van der Waals surface area contributed by atoms with Crippen molar-refractivity contribution in [2.75, 3.05) is 4.72 Å². The molecule has 9 heteroatoms. The van der Waals surface area contributed by atoms with Crippen LogP contribution in [-0.2, 0) is 15.0 Å². The summed E-state index contributed by atoms with van der Waals surface area (Å²) in [5.41, 5.74) is 5.93. The SMILES string of the molecule is O=S(=O)(Nc1ccc2[nH]nc(-c3ccccc3)c2c1)C1=CC=CN2ONC=C12. The van der Waals surface area contributed by atoms with Crippen LogP contribution in [-0.4, -0.2) is 23.7 Å². The lowest BCUT2D eigenvalue weighted by Crippen LogP contribution is -2.24. The highest BCUT2D eigenvalue weighted by Crippen LogP contribution is 2.31. The van der Waals surface area contributed by atoms with Crippen molar-refractivity contribution >= 4 is 26.6 Å². The number of rotatable bonds is 4. The summed E-state index contributed by atoms with van der Waals surface area (Å²) in [7, 11) is -3.82. The lowest BCUT2D eigenvalue weighted by molar-refractivity contribution is -0.112. The number of hydroxylamine groups is 3. The number of hydrogen-bond donors (Lipinski definition) is 3. The summed E-state index contributed by atoms with van der Waals surface area (Å²) in [6.07, 6.45) is 6.23. The molecule has 0 saturated heterocycles. The molecule has 3 N–H and O–H groups in total. The van der Waals surface area contributed by atoms with Gasteiger partial charge < -0.3 is 0 Å². The van der Waals surface area contributed by atoms with Crippen molar-refractivity contribution in [3.8, 4) is 11.3 Å². The number of allylic oxidation sites excluding steroid dienone is 2. The van der Waals surface area contributed by atoms with Crippen molar-refractivity contribution in [1.29, 1.82) is 0 Å². The first-order valence-corrected chi connectivity index (χ1v) is 9.97. The summed E-state index contributed by atoms with van der Waals surface area (Å²) >= 11 is 0. The van der Waals surface area contributed by atoms with Gasteiger partial charge in [-0.05, 0) is 30.4 Å². The summed E-state index contributed by atoms with van der Waals surface area (Å²) in [6.45, 7) is 0. The zero-order valence-corrected chi connectivity index (χ0v) is 15.3. The molecule has 140 valence electrons. The third-order valence-electron chi connectivity index (χ3n) is 4.46. The monoisotopic (exact) mass is 393 g/mol. The molecule has 3 aromatic rings. The van der Waals surface area contributed by atoms with Crippen LogP contribution in [0.2, 0.25) is 0 Å². The summed E-state index contributed by atoms with van der Waals surface area (Å²) in [4.78, 5) is 5.21. The summed E-state index contributed by atoms with van der Waals surface area (Å²) < 4.78 is 28.5. The molecule has 0 amide bonds. The van der Waals surface area contributed by atoms with E-state index in [4.69, 9.17) is 4.94 Å². The molecular weight excluding hydrogens is 378 g/mol. The molecule has 0 fully saturated rings. The average molecular weight is 393 g/mol. The summed E-state index contributed by atoms with van der Waals surface area (Å²) in [6, 6.07) is 15.0. The normalized spacial score (nSPS) is 15.8. The van der Waals surface area contributed by atoms with E-state index in [1.807, 2.05) is 30.3 Å². The molecule has 0 radical (unpaired) electrons. The number of benzene rings is 2. The second-order valence-electron chi connectivity index (χ2n) is 6.24. The Morgan fingerprint density at radius 1 is 1.11 bits per heavy atom. The third-order valence-corrected chi connectivity index (χ3v) is 5.89. The third kappa shape index (κ3) is 2.73. The lowest BCUT2D eigenvalue weighted by Gasteiger charge is -2.20. The van der Waals surface area contributed by atoms with Crippen molar-refractivity contribution in [2.24, 2.45) is 0 Å². The Balaban J connectivity index is 1.52. The van der Waals surface area contributed by atoms with E-state index in [1.165, 1.54) is 17.3 Å². The first-order valence-electron chi connectivity index (χ1n) is 8.49. The minimum absolute atomic E-state index is 0.107. The van der Waals surface area contributed by atoms with Crippen molar-refractivity contribution in [3.05, 3.63) is 83.7 Å². The number of H-pyrrole nitrogens is 1. The largest absolute Gasteiger partial charge is 0.280 e. The zero-order chi connectivity index (χ0) is 19.1. The number of anilines is 1. The number of fused-ring (bicyclic) bond motifs is 2. The van der Waals surface area contributed by atoms with E-state index >= 15 is 0 Å². The maximum Gasteiger partial charge on any atom is 0.264 e. The van der Waals surface area contributed by atoms with Crippen LogP contribution in [0, 0.1) is 0 Å². The van der Waals surface area contributed by atoms with Gasteiger partial charge >= 0.3 is 0 Å². The van der Waals surface area contributed by atoms with E-state index < -0.39 is 10.0 Å². The lowest BCUT2D eigenvalue weighted by atomic mass is 10.1. The first-order chi connectivity index (χ1) is 13.6. The topological polar surface area (TPSA) is 99.3 Å². The predicted octanol–water partition coefficient (Wildman–Crippen LogP) is 2.98. The Morgan fingerprint density at radius 2 is 1.96 bits per heavy atom. The summed E-state index contributed by atoms with van der Waals surface area (Å²) in [5, 5.41) is 9.53. The van der Waals surface area contributed by atoms with Gasteiger partial charge in [0.15, 0.2) is 0 Å². The smallest absolute Gasteiger partial charge is 0.264 e. The van der Waals surface area contributed by atoms with Gasteiger partial charge in [0.05, 0.1) is 17.4 Å². The number of aromatic amines is 1. The van der Waals surface area contributed by atoms with E-state index in [2.05, 4.69) is 20.4 Å². The highest BCUT2D eigenvalue weighted by atomic mass is 32.2. The highest BCUT2D eigenvalue weighted by Gasteiger charge is 2.30. The van der Waals surface area contributed by atoms with Crippen molar-refractivity contribution in [3.63, 3.8) is 0 Å². The number of nitrogens with zero attached hydrogens (tertiary/aromatic N) is 2. The minimum atomic E-state index is -3.82. The maximum atomic E-state index is 12.9. The zero-order valence-electron chi connectivity index (χ0n) is 14.5. The van der Waals surface area contributed by atoms with Gasteiger partial charge in [-0.3, -0.25) is 9.82 Å². The molecular formula is C19H15N5O3S. The Bertz CT molecular complexity index is 1260. The van der Waals surface area contributed by atoms with Gasteiger partial charge in [0.2, 0.25) is 0 Å². The fraction of sp³-hybridized carbons (Fsp3) is 0. The molecule has 0 spiro atoms. The molecule has 0 atom stereocenters. The van der Waals surface area contributed by atoms with E-state index in [0.29, 0.717) is 11.4 Å². The van der Waals surface area contributed by atoms with E-state index in [-0.39, 0.29) is 4.91 Å². The van der Waals surface area contributed by atoms with Crippen LogP contribution in [0.3, 0.4) is 0 Å². The quantitative estimate of drug-likeness (QED) is 0.630. The second-order valence-corrected chi connectivity index (χ2v) is 7.89. The van der Waals surface area contributed by atoms with Gasteiger partial charge in [-0.15, -0.1) is 0 Å². The van der Waals surface area contributed by atoms with E-state index in [0.717, 1.165) is 22.2 Å². The standard InChI is InChI=1S/C19H15N5O3S/c25-28(26,18-7-4-10-24-17(18)12-20-27-24)23-14-8-9-16-15(11-14)19(22-21-16)13-5-2-1-3-6-13/h1-12,20,23H,(H,21,22). The number of aromatic nitrogens is 2. The molecule has 3 heterocycles. The van der Waals surface area contributed by atoms with E-state index in [1.54, 1.807) is 30.5 Å². The van der Waals surface area contributed by atoms with Crippen molar-refractivity contribution < 1.29 is 13.4 Å². The van der Waals surface area contributed by atoms with Gasteiger partial charge in [-0.2, -0.15) is 10.0 Å². The highest BCUT2D eigenvalue weighted by molar-refractivity contribution is 7.96. The van der Waals surface area contributed by atoms with Crippen LogP contribution < -0.4 is 10.2 Å².